The number of rotatable bonds is 13. The van der Waals surface area contributed by atoms with Gasteiger partial charge < -0.3 is 24.3 Å². The maximum Gasteiger partial charge on any atom is 0.332 e. The lowest BCUT2D eigenvalue weighted by atomic mass is 10.1. The fraction of sp³-hybridized carbons (Fsp3) is 0.750. The average molecular weight is 396 g/mol. The van der Waals surface area contributed by atoms with Crippen molar-refractivity contribution in [1.82, 2.24) is 5.32 Å². The number of allylic oxidation sites excluding steroid dienone is 1. The number of hydrogen-bond donors (Lipinski definition) is 1. The number of nitriles is 1. The van der Waals surface area contributed by atoms with Gasteiger partial charge in [-0.25, -0.2) is 4.79 Å². The van der Waals surface area contributed by atoms with Gasteiger partial charge in [-0.2, -0.15) is 5.26 Å². The minimum Gasteiger partial charge on any atom is -0.449 e. The van der Waals surface area contributed by atoms with Crippen molar-refractivity contribution < 1.29 is 28.5 Å². The smallest absolute Gasteiger partial charge is 0.332 e. The summed E-state index contributed by atoms with van der Waals surface area (Å²) in [6.07, 6.45) is 5.78. The van der Waals surface area contributed by atoms with E-state index in [0.29, 0.717) is 19.4 Å². The highest BCUT2D eigenvalue weighted by atomic mass is 16.7. The van der Waals surface area contributed by atoms with Crippen molar-refractivity contribution in [2.24, 2.45) is 0 Å². The third kappa shape index (κ3) is 10.4. The zero-order valence-electron chi connectivity index (χ0n) is 16.9. The van der Waals surface area contributed by atoms with Crippen LogP contribution in [0.5, 0.6) is 0 Å². The Morgan fingerprint density at radius 1 is 1.43 bits per heavy atom. The maximum atomic E-state index is 12.0. The Morgan fingerprint density at radius 2 is 2.21 bits per heavy atom. The largest absolute Gasteiger partial charge is 0.449 e. The van der Waals surface area contributed by atoms with Gasteiger partial charge in [-0.3, -0.25) is 4.79 Å². The fourth-order valence-electron chi connectivity index (χ4n) is 2.61. The summed E-state index contributed by atoms with van der Waals surface area (Å²) in [6.45, 7) is 8.12. The highest BCUT2D eigenvalue weighted by molar-refractivity contribution is 5.84. The Labute approximate surface area is 167 Å². The molecule has 0 aromatic rings. The molecule has 8 nitrogen and oxygen atoms in total. The summed E-state index contributed by atoms with van der Waals surface area (Å²) >= 11 is 0. The van der Waals surface area contributed by atoms with E-state index in [9.17, 15) is 9.59 Å². The van der Waals surface area contributed by atoms with Gasteiger partial charge in [-0.15, -0.1) is 6.58 Å². The van der Waals surface area contributed by atoms with Crippen LogP contribution in [0.1, 0.15) is 52.4 Å². The van der Waals surface area contributed by atoms with Gasteiger partial charge in [0, 0.05) is 19.6 Å². The lowest BCUT2D eigenvalue weighted by Crippen LogP contribution is -2.45. The van der Waals surface area contributed by atoms with E-state index in [1.165, 1.54) is 0 Å². The van der Waals surface area contributed by atoms with Crippen molar-refractivity contribution in [3.8, 4) is 6.07 Å². The first-order chi connectivity index (χ1) is 13.4. The SMILES string of the molecule is C=CCCC(=O)N[C@@H](COCCC(C)(C)OC1CCCCO1)C(=O)OCC#N. The maximum absolute atomic E-state index is 12.0. The van der Waals surface area contributed by atoms with Crippen molar-refractivity contribution in [2.75, 3.05) is 26.4 Å². The second-order valence-corrected chi connectivity index (χ2v) is 7.21. The normalized spacial score (nSPS) is 18.0. The van der Waals surface area contributed by atoms with E-state index < -0.39 is 17.6 Å². The van der Waals surface area contributed by atoms with E-state index in [-0.39, 0.29) is 31.8 Å². The minimum absolute atomic E-state index is 0.0416. The first kappa shape index (κ1) is 24.1. The second kappa shape index (κ2) is 13.3. The van der Waals surface area contributed by atoms with Crippen LogP contribution in [-0.2, 0) is 28.5 Å². The first-order valence-electron chi connectivity index (χ1n) is 9.69. The third-order valence-electron chi connectivity index (χ3n) is 4.20. The lowest BCUT2D eigenvalue weighted by Gasteiger charge is -2.32. The van der Waals surface area contributed by atoms with Gasteiger partial charge >= 0.3 is 5.97 Å². The summed E-state index contributed by atoms with van der Waals surface area (Å²) in [6, 6.07) is 0.767. The van der Waals surface area contributed by atoms with Crippen LogP contribution in [0.25, 0.3) is 0 Å². The highest BCUT2D eigenvalue weighted by Crippen LogP contribution is 2.23. The molecular weight excluding hydrogens is 364 g/mol. The third-order valence-corrected chi connectivity index (χ3v) is 4.20. The Hall–Kier alpha value is -1.95. The summed E-state index contributed by atoms with van der Waals surface area (Å²) in [7, 11) is 0. The molecule has 0 bridgehead atoms. The molecule has 0 aliphatic carbocycles. The van der Waals surface area contributed by atoms with Gasteiger partial charge in [-0.05, 0) is 46.0 Å². The standard InChI is InChI=1S/C20H32N2O6/c1-4-5-8-17(23)22-16(19(24)27-14-11-21)15-25-13-10-20(2,3)28-18-9-6-7-12-26-18/h4,16,18H,1,5-10,12-15H2,2-3H3,(H,22,23)/t16-,18?/m0/s1. The van der Waals surface area contributed by atoms with E-state index >= 15 is 0 Å². The van der Waals surface area contributed by atoms with Crippen molar-refractivity contribution in [1.29, 1.82) is 5.26 Å². The Bertz CT molecular complexity index is 537. The van der Waals surface area contributed by atoms with E-state index in [2.05, 4.69) is 11.9 Å². The molecule has 0 saturated carbocycles. The van der Waals surface area contributed by atoms with Crippen LogP contribution in [0.3, 0.4) is 0 Å². The molecule has 1 heterocycles. The second-order valence-electron chi connectivity index (χ2n) is 7.21. The van der Waals surface area contributed by atoms with Crippen LogP contribution >= 0.6 is 0 Å². The van der Waals surface area contributed by atoms with E-state index in [1.54, 1.807) is 12.1 Å². The summed E-state index contributed by atoms with van der Waals surface area (Å²) in [5.74, 6) is -1.000. The van der Waals surface area contributed by atoms with Crippen molar-refractivity contribution in [2.45, 2.75) is 70.3 Å². The van der Waals surface area contributed by atoms with Gasteiger partial charge in [0.1, 0.15) is 6.07 Å². The number of carbonyl (C=O) groups excluding carboxylic acids is 2. The lowest BCUT2D eigenvalue weighted by molar-refractivity contribution is -0.219. The minimum atomic E-state index is -0.962. The number of carbonyl (C=O) groups is 2. The molecule has 2 atom stereocenters. The predicted octanol–water partition coefficient (Wildman–Crippen LogP) is 2.23. The first-order valence-corrected chi connectivity index (χ1v) is 9.69. The molecule has 1 amide bonds. The van der Waals surface area contributed by atoms with Gasteiger partial charge in [0.05, 0.1) is 12.2 Å². The summed E-state index contributed by atoms with van der Waals surface area (Å²) < 4.78 is 22.0. The van der Waals surface area contributed by atoms with Crippen LogP contribution in [0, 0.1) is 11.3 Å². The molecule has 1 saturated heterocycles. The van der Waals surface area contributed by atoms with Crippen LogP contribution in [-0.4, -0.2) is 56.2 Å². The molecule has 1 aliphatic rings. The van der Waals surface area contributed by atoms with Crippen molar-refractivity contribution in [3.05, 3.63) is 12.7 Å². The van der Waals surface area contributed by atoms with Gasteiger partial charge in [0.15, 0.2) is 18.9 Å². The average Bonchev–Trinajstić information content (AvgIpc) is 2.67. The summed E-state index contributed by atoms with van der Waals surface area (Å²) in [5.41, 5.74) is -0.438. The Kier molecular flexibility index (Phi) is 11.4. The van der Waals surface area contributed by atoms with Gasteiger partial charge in [0.25, 0.3) is 0 Å². The van der Waals surface area contributed by atoms with Gasteiger partial charge in [0.2, 0.25) is 5.91 Å². The quantitative estimate of drug-likeness (QED) is 0.289. The van der Waals surface area contributed by atoms with Crippen LogP contribution in [0.15, 0.2) is 12.7 Å². The molecule has 1 fully saturated rings. The van der Waals surface area contributed by atoms with Crippen LogP contribution in [0.4, 0.5) is 0 Å². The summed E-state index contributed by atoms with van der Waals surface area (Å²) in [4.78, 5) is 23.9. The molecule has 1 rings (SSSR count). The van der Waals surface area contributed by atoms with E-state index in [1.807, 2.05) is 13.8 Å². The Balaban J connectivity index is 2.42. The van der Waals surface area contributed by atoms with E-state index in [0.717, 1.165) is 25.9 Å². The molecular formula is C20H32N2O6. The zero-order chi connectivity index (χ0) is 20.8. The molecule has 0 aromatic carbocycles. The van der Waals surface area contributed by atoms with Gasteiger partial charge in [-0.1, -0.05) is 6.08 Å². The van der Waals surface area contributed by atoms with Crippen molar-refractivity contribution in [3.63, 3.8) is 0 Å². The molecule has 0 spiro atoms. The molecule has 1 N–H and O–H groups in total. The monoisotopic (exact) mass is 396 g/mol. The molecule has 1 unspecified atom stereocenters. The number of nitrogens with one attached hydrogen (secondary N) is 1. The van der Waals surface area contributed by atoms with Crippen LogP contribution < -0.4 is 5.32 Å². The molecule has 8 heteroatoms. The number of esters is 1. The zero-order valence-corrected chi connectivity index (χ0v) is 16.9. The predicted molar refractivity (Wildman–Crippen MR) is 102 cm³/mol. The fourth-order valence-corrected chi connectivity index (χ4v) is 2.61. The molecule has 0 aromatic heterocycles. The highest BCUT2D eigenvalue weighted by Gasteiger charge is 2.27. The van der Waals surface area contributed by atoms with Crippen molar-refractivity contribution >= 4 is 11.9 Å². The Morgan fingerprint density at radius 3 is 2.86 bits per heavy atom. The molecule has 28 heavy (non-hydrogen) atoms. The number of amides is 1. The van der Waals surface area contributed by atoms with Crippen LogP contribution in [0.2, 0.25) is 0 Å². The molecule has 158 valence electrons. The molecule has 1 aliphatic heterocycles. The van der Waals surface area contributed by atoms with E-state index in [4.69, 9.17) is 24.2 Å². The number of nitrogens with zero attached hydrogens (tertiary/aromatic N) is 1. The number of hydrogen-bond acceptors (Lipinski definition) is 7. The number of ether oxygens (including phenoxy) is 4. The molecule has 0 radical (unpaired) electrons. The summed E-state index contributed by atoms with van der Waals surface area (Å²) in [5, 5.41) is 11.1. The topological polar surface area (TPSA) is 107 Å².